The van der Waals surface area contributed by atoms with Gasteiger partial charge >= 0.3 is 11.9 Å². The lowest BCUT2D eigenvalue weighted by Gasteiger charge is -2.05. The Morgan fingerprint density at radius 3 is 1.08 bits per heavy atom. The van der Waals surface area contributed by atoms with Crippen molar-refractivity contribution < 1.29 is 19.1 Å². The van der Waals surface area contributed by atoms with Gasteiger partial charge in [0.05, 0.1) is 0 Å². The van der Waals surface area contributed by atoms with Crippen molar-refractivity contribution in [3.05, 3.63) is 69.9 Å². The number of hydrogen-bond donors (Lipinski definition) is 0. The van der Waals surface area contributed by atoms with Crippen LogP contribution in [0.2, 0.25) is 0 Å². The summed E-state index contributed by atoms with van der Waals surface area (Å²) in [5, 5.41) is 0. The molecular weight excluding hydrogens is 484 g/mol. The zero-order valence-electron chi connectivity index (χ0n) is 26.3. The molecule has 0 aromatic rings. The number of hydrogen-bond acceptors (Lipinski definition) is 4. The Labute approximate surface area is 240 Å². The highest BCUT2D eigenvalue weighted by molar-refractivity contribution is 5.72. The van der Waals surface area contributed by atoms with Crippen LogP contribution in [0.15, 0.2) is 69.9 Å². The van der Waals surface area contributed by atoms with Crippen LogP contribution in [0.1, 0.15) is 126 Å². The number of carbonyl (C=O) groups excluding carboxylic acids is 2. The van der Waals surface area contributed by atoms with Gasteiger partial charge in [0, 0.05) is 12.8 Å². The minimum Gasteiger partial charge on any atom is -0.461 e. The Bertz CT molecular complexity index is 827. The summed E-state index contributed by atoms with van der Waals surface area (Å²) in [6.07, 6.45) is 22.3. The molecule has 4 nitrogen and oxygen atoms in total. The van der Waals surface area contributed by atoms with E-state index in [1.807, 2.05) is 12.2 Å². The highest BCUT2D eigenvalue weighted by atomic mass is 16.5. The van der Waals surface area contributed by atoms with E-state index in [9.17, 15) is 9.59 Å². The third-order valence-corrected chi connectivity index (χ3v) is 6.36. The van der Waals surface area contributed by atoms with Crippen LogP contribution in [0, 0.1) is 0 Å². The summed E-state index contributed by atoms with van der Waals surface area (Å²) in [5.41, 5.74) is 8.00. The van der Waals surface area contributed by atoms with Crippen molar-refractivity contribution in [3.8, 4) is 0 Å². The quantitative estimate of drug-likeness (QED) is 0.114. The van der Waals surface area contributed by atoms with Crippen LogP contribution < -0.4 is 0 Å². The molecule has 0 radical (unpaired) electrons. The number of rotatable bonds is 20. The van der Waals surface area contributed by atoms with Gasteiger partial charge in [0.1, 0.15) is 13.2 Å². The first-order chi connectivity index (χ1) is 18.5. The van der Waals surface area contributed by atoms with Crippen molar-refractivity contribution in [3.63, 3.8) is 0 Å². The highest BCUT2D eigenvalue weighted by Gasteiger charge is 2.07. The van der Waals surface area contributed by atoms with Crippen LogP contribution in [-0.2, 0) is 19.1 Å². The van der Waals surface area contributed by atoms with Crippen molar-refractivity contribution in [2.45, 2.75) is 126 Å². The largest absolute Gasteiger partial charge is 0.461 e. The maximum Gasteiger partial charge on any atom is 0.306 e. The van der Waals surface area contributed by atoms with E-state index < -0.39 is 0 Å². The van der Waals surface area contributed by atoms with Crippen LogP contribution in [0.3, 0.4) is 0 Å². The normalized spacial score (nSPS) is 12.7. The molecule has 0 heterocycles. The van der Waals surface area contributed by atoms with E-state index in [-0.39, 0.29) is 38.0 Å². The summed E-state index contributed by atoms with van der Waals surface area (Å²) < 4.78 is 10.6. The van der Waals surface area contributed by atoms with Crippen LogP contribution in [0.25, 0.3) is 0 Å². The van der Waals surface area contributed by atoms with Gasteiger partial charge in [-0.25, -0.2) is 0 Å². The molecule has 0 amide bonds. The second kappa shape index (κ2) is 23.3. The molecule has 220 valence electrons. The molecule has 0 saturated carbocycles. The Hall–Kier alpha value is -2.62. The van der Waals surface area contributed by atoms with Crippen molar-refractivity contribution in [2.75, 3.05) is 13.2 Å². The van der Waals surface area contributed by atoms with E-state index in [2.05, 4.69) is 79.7 Å². The first-order valence-corrected chi connectivity index (χ1v) is 14.7. The summed E-state index contributed by atoms with van der Waals surface area (Å²) in [7, 11) is 0. The van der Waals surface area contributed by atoms with Gasteiger partial charge in [0.15, 0.2) is 0 Å². The highest BCUT2D eigenvalue weighted by Crippen LogP contribution is 2.13. The lowest BCUT2D eigenvalue weighted by atomic mass is 10.1. The molecule has 0 N–H and O–H groups in total. The molecule has 0 bridgehead atoms. The number of carbonyl (C=O) groups is 2. The van der Waals surface area contributed by atoms with E-state index in [4.69, 9.17) is 9.47 Å². The van der Waals surface area contributed by atoms with Gasteiger partial charge in [-0.15, -0.1) is 0 Å². The second-order valence-electron chi connectivity index (χ2n) is 11.1. The minimum absolute atomic E-state index is 0.226. The van der Waals surface area contributed by atoms with E-state index in [0.717, 1.165) is 51.4 Å². The number of allylic oxidation sites excluding steroid dienone is 10. The molecule has 39 heavy (non-hydrogen) atoms. The molecule has 0 atom stereocenters. The zero-order valence-corrected chi connectivity index (χ0v) is 26.3. The molecule has 0 fully saturated rings. The predicted octanol–water partition coefficient (Wildman–Crippen LogP) is 10.1. The van der Waals surface area contributed by atoms with Crippen LogP contribution >= 0.6 is 0 Å². The van der Waals surface area contributed by atoms with Crippen LogP contribution in [-0.4, -0.2) is 25.2 Å². The Kier molecular flexibility index (Phi) is 21.7. The van der Waals surface area contributed by atoms with Gasteiger partial charge in [-0.2, -0.15) is 0 Å². The van der Waals surface area contributed by atoms with Gasteiger partial charge in [0.2, 0.25) is 0 Å². The molecule has 0 saturated heterocycles. The first-order valence-electron chi connectivity index (χ1n) is 14.7. The van der Waals surface area contributed by atoms with Gasteiger partial charge in [-0.1, -0.05) is 57.7 Å². The Morgan fingerprint density at radius 2 is 0.744 bits per heavy atom. The molecule has 4 heteroatoms. The topological polar surface area (TPSA) is 52.6 Å². The number of esters is 2. The SMILES string of the molecule is CC(C)=CCCC(C)=CCCC(C)=CCOC(=O)CCCC(=O)OCC=C(C)CCC=C(C)CCC=C(C)C. The van der Waals surface area contributed by atoms with Gasteiger partial charge in [-0.3, -0.25) is 9.59 Å². The molecule has 0 aliphatic rings. The van der Waals surface area contributed by atoms with Crippen molar-refractivity contribution in [2.24, 2.45) is 0 Å². The second-order valence-corrected chi connectivity index (χ2v) is 11.1. The summed E-state index contributed by atoms with van der Waals surface area (Å²) in [6, 6.07) is 0. The Morgan fingerprint density at radius 1 is 0.436 bits per heavy atom. The fourth-order valence-corrected chi connectivity index (χ4v) is 3.75. The van der Waals surface area contributed by atoms with Crippen LogP contribution in [0.5, 0.6) is 0 Å². The fraction of sp³-hybridized carbons (Fsp3) is 0.600. The lowest BCUT2D eigenvalue weighted by Crippen LogP contribution is -2.08. The first kappa shape index (κ1) is 36.4. The summed E-state index contributed by atoms with van der Waals surface area (Å²) >= 11 is 0. The molecular formula is C35H56O4. The standard InChI is InChI=1S/C35H56O4/c1-28(2)14-9-16-30(5)18-11-20-32(7)24-26-38-34(36)22-13-23-35(37)39-27-25-33(8)21-12-19-31(6)17-10-15-29(3)4/h14-15,18-19,24-25H,9-13,16-17,20-23,26-27H2,1-8H3. The van der Waals surface area contributed by atoms with Gasteiger partial charge < -0.3 is 9.47 Å². The van der Waals surface area contributed by atoms with Crippen molar-refractivity contribution in [1.82, 2.24) is 0 Å². The molecule has 0 spiro atoms. The smallest absolute Gasteiger partial charge is 0.306 e. The summed E-state index contributed by atoms with van der Waals surface area (Å²) in [4.78, 5) is 23.9. The third-order valence-electron chi connectivity index (χ3n) is 6.36. The maximum absolute atomic E-state index is 12.0. The number of ether oxygens (including phenoxy) is 2. The van der Waals surface area contributed by atoms with E-state index in [1.165, 1.54) is 33.4 Å². The van der Waals surface area contributed by atoms with Crippen molar-refractivity contribution in [1.29, 1.82) is 0 Å². The van der Waals surface area contributed by atoms with E-state index in [0.29, 0.717) is 6.42 Å². The summed E-state index contributed by atoms with van der Waals surface area (Å²) in [6.45, 7) is 17.6. The van der Waals surface area contributed by atoms with Gasteiger partial charge in [-0.05, 0) is 125 Å². The zero-order chi connectivity index (χ0) is 29.5. The van der Waals surface area contributed by atoms with Crippen molar-refractivity contribution >= 4 is 11.9 Å². The molecule has 0 aliphatic heterocycles. The molecule has 0 unspecified atom stereocenters. The fourth-order valence-electron chi connectivity index (χ4n) is 3.75. The monoisotopic (exact) mass is 540 g/mol. The van der Waals surface area contributed by atoms with Crippen LogP contribution in [0.4, 0.5) is 0 Å². The summed E-state index contributed by atoms with van der Waals surface area (Å²) in [5.74, 6) is -0.552. The molecule has 0 aromatic heterocycles. The van der Waals surface area contributed by atoms with Gasteiger partial charge in [0.25, 0.3) is 0 Å². The lowest BCUT2D eigenvalue weighted by molar-refractivity contribution is -0.144. The Balaban J connectivity index is 4.00. The minimum atomic E-state index is -0.276. The van der Waals surface area contributed by atoms with E-state index in [1.54, 1.807) is 0 Å². The van der Waals surface area contributed by atoms with E-state index >= 15 is 0 Å². The molecule has 0 aliphatic carbocycles. The third kappa shape index (κ3) is 25.4. The maximum atomic E-state index is 12.0. The molecule has 0 rings (SSSR count). The molecule has 0 aromatic carbocycles. The predicted molar refractivity (Wildman–Crippen MR) is 167 cm³/mol. The average molecular weight is 541 g/mol. The average Bonchev–Trinajstić information content (AvgIpc) is 2.83.